The number of carbonyl (C=O) groups excluding carboxylic acids is 1. The highest BCUT2D eigenvalue weighted by Crippen LogP contribution is 2.26. The van der Waals surface area contributed by atoms with Crippen molar-refractivity contribution in [1.82, 2.24) is 0 Å². The molecule has 0 saturated heterocycles. The maximum absolute atomic E-state index is 11.6. The van der Waals surface area contributed by atoms with Crippen molar-refractivity contribution >= 4 is 23.3 Å². The van der Waals surface area contributed by atoms with Crippen LogP contribution in [0.5, 0.6) is 0 Å². The number of hydrogen-bond acceptors (Lipinski definition) is 5. The largest absolute Gasteiger partial charge is 0.465 e. The molecule has 0 aromatic heterocycles. The fraction of sp³-hybridized carbons (Fsp3) is 0.417. The van der Waals surface area contributed by atoms with Gasteiger partial charge in [-0.2, -0.15) is 0 Å². The Labute approximate surface area is 110 Å². The van der Waals surface area contributed by atoms with Crippen molar-refractivity contribution in [2.75, 3.05) is 18.7 Å². The zero-order valence-electron chi connectivity index (χ0n) is 10.2. The number of alkyl halides is 1. The zero-order valence-corrected chi connectivity index (χ0v) is 10.9. The van der Waals surface area contributed by atoms with Gasteiger partial charge in [0.2, 0.25) is 0 Å². The molecule has 5 nitrogen and oxygen atoms in total. The van der Waals surface area contributed by atoms with Crippen LogP contribution in [0.2, 0.25) is 0 Å². The molecule has 4 N–H and O–H groups in total. The Morgan fingerprint density at radius 2 is 2.11 bits per heavy atom. The maximum atomic E-state index is 11.6. The Morgan fingerprint density at radius 3 is 2.61 bits per heavy atom. The first-order chi connectivity index (χ1) is 8.42. The molecule has 0 spiro atoms. The van der Waals surface area contributed by atoms with Crippen LogP contribution in [0.4, 0.5) is 5.69 Å². The minimum Gasteiger partial charge on any atom is -0.465 e. The third-order valence-corrected chi connectivity index (χ3v) is 3.06. The number of rotatable bonds is 4. The van der Waals surface area contributed by atoms with Gasteiger partial charge in [-0.05, 0) is 30.2 Å². The molecule has 2 atom stereocenters. The molecule has 0 amide bonds. The van der Waals surface area contributed by atoms with Gasteiger partial charge in [-0.15, -0.1) is 11.6 Å². The number of benzene rings is 1. The number of carbonyl (C=O) groups is 1. The lowest BCUT2D eigenvalue weighted by atomic mass is 9.98. The Balaban J connectivity index is 3.24. The molecule has 0 radical (unpaired) electrons. The van der Waals surface area contributed by atoms with Crippen LogP contribution in [-0.2, 0) is 4.74 Å². The Kier molecular flexibility index (Phi) is 4.95. The van der Waals surface area contributed by atoms with Gasteiger partial charge in [0.15, 0.2) is 0 Å². The third kappa shape index (κ3) is 2.93. The number of aliphatic hydroxyl groups excluding tert-OH is 2. The van der Waals surface area contributed by atoms with Crippen LogP contribution in [-0.4, -0.2) is 35.3 Å². The number of nitrogens with two attached hydrogens (primary N) is 1. The second kappa shape index (κ2) is 6.04. The molecule has 1 aromatic rings. The summed E-state index contributed by atoms with van der Waals surface area (Å²) in [7, 11) is 1.26. The van der Waals surface area contributed by atoms with Gasteiger partial charge in [-0.1, -0.05) is 0 Å². The van der Waals surface area contributed by atoms with E-state index in [4.69, 9.17) is 17.3 Å². The number of nitrogen functional groups attached to an aromatic ring is 1. The molecule has 0 aliphatic rings. The van der Waals surface area contributed by atoms with E-state index >= 15 is 0 Å². The number of methoxy groups -OCH3 is 1. The van der Waals surface area contributed by atoms with E-state index in [1.165, 1.54) is 19.2 Å². The zero-order chi connectivity index (χ0) is 13.9. The van der Waals surface area contributed by atoms with Crippen LogP contribution in [0.25, 0.3) is 0 Å². The molecule has 0 bridgehead atoms. The van der Waals surface area contributed by atoms with Crippen molar-refractivity contribution in [3.8, 4) is 0 Å². The van der Waals surface area contributed by atoms with Crippen LogP contribution in [0.15, 0.2) is 12.1 Å². The molecule has 0 fully saturated rings. The summed E-state index contributed by atoms with van der Waals surface area (Å²) in [6.07, 6.45) is -2.33. The molecule has 0 aliphatic heterocycles. The van der Waals surface area contributed by atoms with Crippen molar-refractivity contribution < 1.29 is 19.7 Å². The van der Waals surface area contributed by atoms with E-state index in [0.29, 0.717) is 16.8 Å². The van der Waals surface area contributed by atoms with Crippen LogP contribution in [0.1, 0.15) is 27.6 Å². The van der Waals surface area contributed by atoms with E-state index in [1.807, 2.05) is 0 Å². The summed E-state index contributed by atoms with van der Waals surface area (Å²) in [6, 6.07) is 2.94. The molecular weight excluding hydrogens is 258 g/mol. The predicted molar refractivity (Wildman–Crippen MR) is 68.6 cm³/mol. The van der Waals surface area contributed by atoms with E-state index in [2.05, 4.69) is 4.74 Å². The van der Waals surface area contributed by atoms with Crippen LogP contribution in [0, 0.1) is 6.92 Å². The molecule has 18 heavy (non-hydrogen) atoms. The van der Waals surface area contributed by atoms with Crippen molar-refractivity contribution in [3.63, 3.8) is 0 Å². The molecule has 6 heteroatoms. The van der Waals surface area contributed by atoms with Gasteiger partial charge in [0.25, 0.3) is 0 Å². The lowest BCUT2D eigenvalue weighted by Gasteiger charge is -2.18. The summed E-state index contributed by atoms with van der Waals surface area (Å²) in [5.74, 6) is -0.670. The van der Waals surface area contributed by atoms with E-state index in [0.717, 1.165) is 0 Å². The van der Waals surface area contributed by atoms with Crippen LogP contribution >= 0.6 is 11.6 Å². The smallest absolute Gasteiger partial charge is 0.338 e. The van der Waals surface area contributed by atoms with Gasteiger partial charge in [0.1, 0.15) is 6.10 Å². The Bertz CT molecular complexity index is 450. The Morgan fingerprint density at radius 1 is 1.50 bits per heavy atom. The average Bonchev–Trinajstić information content (AvgIpc) is 2.38. The summed E-state index contributed by atoms with van der Waals surface area (Å²) in [5, 5.41) is 19.3. The van der Waals surface area contributed by atoms with E-state index in [9.17, 15) is 15.0 Å². The third-order valence-electron chi connectivity index (χ3n) is 2.74. The van der Waals surface area contributed by atoms with Gasteiger partial charge < -0.3 is 20.7 Å². The molecule has 100 valence electrons. The first-order valence-corrected chi connectivity index (χ1v) is 5.86. The number of aliphatic hydroxyl groups is 2. The van der Waals surface area contributed by atoms with Gasteiger partial charge in [-0.25, -0.2) is 4.79 Å². The summed E-state index contributed by atoms with van der Waals surface area (Å²) in [6.45, 7) is 1.68. The summed E-state index contributed by atoms with van der Waals surface area (Å²) < 4.78 is 4.63. The fourth-order valence-corrected chi connectivity index (χ4v) is 1.73. The van der Waals surface area contributed by atoms with E-state index < -0.39 is 18.2 Å². The average molecular weight is 274 g/mol. The van der Waals surface area contributed by atoms with E-state index in [-0.39, 0.29) is 11.4 Å². The van der Waals surface area contributed by atoms with Gasteiger partial charge in [0, 0.05) is 5.69 Å². The molecule has 1 rings (SSSR count). The topological polar surface area (TPSA) is 92.8 Å². The van der Waals surface area contributed by atoms with Crippen LogP contribution < -0.4 is 5.73 Å². The highest BCUT2D eigenvalue weighted by Gasteiger charge is 2.21. The SMILES string of the molecule is COC(=O)c1cc(C(O)C(O)CCl)cc(N)c1C. The quantitative estimate of drug-likeness (QED) is 0.432. The number of hydrogen-bond donors (Lipinski definition) is 3. The molecule has 2 unspecified atom stereocenters. The van der Waals surface area contributed by atoms with Gasteiger partial charge in [-0.3, -0.25) is 0 Å². The normalized spacial score (nSPS) is 14.1. The van der Waals surface area contributed by atoms with Crippen molar-refractivity contribution in [2.24, 2.45) is 0 Å². The standard InChI is InChI=1S/C12H16ClNO4/c1-6-8(12(17)18-2)3-7(4-9(6)14)11(16)10(15)5-13/h3-4,10-11,15-16H,5,14H2,1-2H3. The summed E-state index contributed by atoms with van der Waals surface area (Å²) >= 11 is 5.46. The first kappa shape index (κ1) is 14.8. The Hall–Kier alpha value is -1.30. The van der Waals surface area contributed by atoms with Gasteiger partial charge >= 0.3 is 5.97 Å². The highest BCUT2D eigenvalue weighted by molar-refractivity contribution is 6.18. The fourth-order valence-electron chi connectivity index (χ4n) is 1.56. The summed E-state index contributed by atoms with van der Waals surface area (Å²) in [5.41, 5.74) is 7.25. The number of halogens is 1. The lowest BCUT2D eigenvalue weighted by molar-refractivity contribution is 0.0326. The lowest BCUT2D eigenvalue weighted by Crippen LogP contribution is -2.20. The van der Waals surface area contributed by atoms with Crippen LogP contribution in [0.3, 0.4) is 0 Å². The second-order valence-electron chi connectivity index (χ2n) is 3.94. The highest BCUT2D eigenvalue weighted by atomic mass is 35.5. The molecule has 0 aliphatic carbocycles. The molecule has 0 saturated carbocycles. The number of esters is 1. The molecular formula is C12H16ClNO4. The number of anilines is 1. The van der Waals surface area contributed by atoms with Crippen molar-refractivity contribution in [2.45, 2.75) is 19.1 Å². The number of ether oxygens (including phenoxy) is 1. The minimum absolute atomic E-state index is 0.123. The maximum Gasteiger partial charge on any atom is 0.338 e. The second-order valence-corrected chi connectivity index (χ2v) is 4.25. The van der Waals surface area contributed by atoms with Gasteiger partial charge in [0.05, 0.1) is 24.7 Å². The monoisotopic (exact) mass is 273 g/mol. The van der Waals surface area contributed by atoms with Crippen molar-refractivity contribution in [3.05, 3.63) is 28.8 Å². The predicted octanol–water partition coefficient (Wildman–Crippen LogP) is 0.997. The molecule has 1 aromatic carbocycles. The molecule has 0 heterocycles. The van der Waals surface area contributed by atoms with E-state index in [1.54, 1.807) is 6.92 Å². The van der Waals surface area contributed by atoms with Crippen molar-refractivity contribution in [1.29, 1.82) is 0 Å². The summed E-state index contributed by atoms with van der Waals surface area (Å²) in [4.78, 5) is 11.6. The minimum atomic E-state index is -1.20. The first-order valence-electron chi connectivity index (χ1n) is 5.32.